The Morgan fingerprint density at radius 3 is 2.53 bits per heavy atom. The molecule has 0 amide bonds. The lowest BCUT2D eigenvalue weighted by Gasteiger charge is -2.28. The average Bonchev–Trinajstić information content (AvgIpc) is 2.35. The molecule has 1 rings (SSSR count). The zero-order valence-electron chi connectivity index (χ0n) is 10.8. The van der Waals surface area contributed by atoms with Crippen LogP contribution in [0.5, 0.6) is 0 Å². The van der Waals surface area contributed by atoms with Crippen LogP contribution in [0.15, 0.2) is 24.3 Å². The molecule has 0 saturated heterocycles. The second-order valence-electron chi connectivity index (χ2n) is 4.57. The Labute approximate surface area is 118 Å². The molecular weight excluding hydrogens is 298 g/mol. The number of hydrogen-bond donors (Lipinski definition) is 0. The van der Waals surface area contributed by atoms with E-state index in [2.05, 4.69) is 47.8 Å². The highest BCUT2D eigenvalue weighted by molar-refractivity contribution is 9.09. The molecular formula is C14H21BrClN. The van der Waals surface area contributed by atoms with Gasteiger partial charge in [-0.2, -0.15) is 0 Å². The summed E-state index contributed by atoms with van der Waals surface area (Å²) in [4.78, 5) is 2.37. The van der Waals surface area contributed by atoms with E-state index in [1.54, 1.807) is 0 Å². The topological polar surface area (TPSA) is 3.24 Å². The molecule has 1 nitrogen and oxygen atoms in total. The molecule has 3 heteroatoms. The van der Waals surface area contributed by atoms with E-state index in [1.807, 2.05) is 18.2 Å². The van der Waals surface area contributed by atoms with E-state index in [0.29, 0.717) is 12.0 Å². The number of halogens is 2. The summed E-state index contributed by atoms with van der Waals surface area (Å²) in [6.07, 6.45) is 1.20. The molecule has 0 heterocycles. The average molecular weight is 319 g/mol. The number of nitrogens with zero attached hydrogens (tertiary/aromatic N) is 1. The summed E-state index contributed by atoms with van der Waals surface area (Å²) in [7, 11) is 2.17. The predicted octanol–water partition coefficient (Wildman–Crippen LogP) is 4.75. The Hall–Kier alpha value is -0.0500. The van der Waals surface area contributed by atoms with Gasteiger partial charge >= 0.3 is 0 Å². The van der Waals surface area contributed by atoms with Gasteiger partial charge in [-0.3, -0.25) is 4.90 Å². The molecule has 0 bridgehead atoms. The number of benzene rings is 1. The second-order valence-corrected chi connectivity index (χ2v) is 5.62. The molecule has 96 valence electrons. The molecule has 2 unspecified atom stereocenters. The Bertz CT molecular complexity index is 339. The molecule has 17 heavy (non-hydrogen) atoms. The molecule has 0 N–H and O–H groups in total. The van der Waals surface area contributed by atoms with Crippen molar-refractivity contribution in [3.63, 3.8) is 0 Å². The second kappa shape index (κ2) is 7.40. The summed E-state index contributed by atoms with van der Waals surface area (Å²) in [5.74, 6) is 0.699. The van der Waals surface area contributed by atoms with E-state index >= 15 is 0 Å². The Balaban J connectivity index is 2.69. The van der Waals surface area contributed by atoms with Crippen molar-refractivity contribution >= 4 is 27.5 Å². The highest BCUT2D eigenvalue weighted by Gasteiger charge is 2.17. The minimum absolute atomic E-state index is 0.358. The minimum Gasteiger partial charge on any atom is -0.299 e. The maximum atomic E-state index is 6.23. The Kier molecular flexibility index (Phi) is 6.53. The van der Waals surface area contributed by atoms with Gasteiger partial charge in [-0.1, -0.05) is 59.1 Å². The van der Waals surface area contributed by atoms with Gasteiger partial charge in [0.05, 0.1) is 0 Å². The smallest absolute Gasteiger partial charge is 0.0453 e. The normalized spacial score (nSPS) is 14.9. The molecule has 0 aliphatic carbocycles. The summed E-state index contributed by atoms with van der Waals surface area (Å²) in [6, 6.07) is 8.46. The van der Waals surface area contributed by atoms with Gasteiger partial charge in [-0.25, -0.2) is 0 Å². The van der Waals surface area contributed by atoms with Crippen molar-refractivity contribution in [3.05, 3.63) is 34.9 Å². The summed E-state index contributed by atoms with van der Waals surface area (Å²) in [6.45, 7) is 5.54. The summed E-state index contributed by atoms with van der Waals surface area (Å²) in [5, 5.41) is 1.92. The lowest BCUT2D eigenvalue weighted by molar-refractivity contribution is 0.226. The van der Waals surface area contributed by atoms with E-state index in [4.69, 9.17) is 11.6 Å². The quantitative estimate of drug-likeness (QED) is 0.684. The Morgan fingerprint density at radius 2 is 2.00 bits per heavy atom. The van der Waals surface area contributed by atoms with Crippen molar-refractivity contribution in [1.82, 2.24) is 4.90 Å². The van der Waals surface area contributed by atoms with Gasteiger partial charge in [0.1, 0.15) is 0 Å². The molecule has 0 fully saturated rings. The van der Waals surface area contributed by atoms with Crippen molar-refractivity contribution in [2.24, 2.45) is 5.92 Å². The van der Waals surface area contributed by atoms with Gasteiger partial charge in [0, 0.05) is 22.9 Å². The molecule has 0 aliphatic heterocycles. The van der Waals surface area contributed by atoms with Crippen molar-refractivity contribution in [1.29, 1.82) is 0 Å². The van der Waals surface area contributed by atoms with Gasteiger partial charge in [0.2, 0.25) is 0 Å². The first-order valence-electron chi connectivity index (χ1n) is 6.10. The first-order valence-corrected chi connectivity index (χ1v) is 7.60. The van der Waals surface area contributed by atoms with Gasteiger partial charge in [0.15, 0.2) is 0 Å². The van der Waals surface area contributed by atoms with Crippen molar-refractivity contribution < 1.29 is 0 Å². The van der Waals surface area contributed by atoms with E-state index in [-0.39, 0.29) is 0 Å². The fourth-order valence-corrected chi connectivity index (χ4v) is 2.86. The largest absolute Gasteiger partial charge is 0.299 e. The molecule has 0 radical (unpaired) electrons. The maximum absolute atomic E-state index is 6.23. The maximum Gasteiger partial charge on any atom is 0.0453 e. The van der Waals surface area contributed by atoms with E-state index in [9.17, 15) is 0 Å². The van der Waals surface area contributed by atoms with Crippen molar-refractivity contribution in [2.45, 2.75) is 26.3 Å². The van der Waals surface area contributed by atoms with Crippen molar-refractivity contribution in [3.8, 4) is 0 Å². The zero-order chi connectivity index (χ0) is 12.8. The number of hydrogen-bond acceptors (Lipinski definition) is 1. The summed E-state index contributed by atoms with van der Waals surface area (Å²) >= 11 is 9.80. The molecule has 1 aromatic rings. The monoisotopic (exact) mass is 317 g/mol. The van der Waals surface area contributed by atoms with Crippen molar-refractivity contribution in [2.75, 3.05) is 18.9 Å². The zero-order valence-corrected chi connectivity index (χ0v) is 13.1. The SMILES string of the molecule is CCC(CBr)CN(C)C(C)c1ccccc1Cl. The van der Waals surface area contributed by atoms with E-state index < -0.39 is 0 Å². The van der Waals surface area contributed by atoms with Crippen LogP contribution in [0, 0.1) is 5.92 Å². The van der Waals surface area contributed by atoms with Gasteiger partial charge < -0.3 is 0 Å². The van der Waals surface area contributed by atoms with Crippen LogP contribution in [0.25, 0.3) is 0 Å². The van der Waals surface area contributed by atoms with Gasteiger partial charge in [-0.05, 0) is 31.5 Å². The Morgan fingerprint density at radius 1 is 1.35 bits per heavy atom. The lowest BCUT2D eigenvalue weighted by atomic mass is 10.0. The minimum atomic E-state index is 0.358. The van der Waals surface area contributed by atoms with Crippen LogP contribution in [0.3, 0.4) is 0 Å². The lowest BCUT2D eigenvalue weighted by Crippen LogP contribution is -2.29. The fourth-order valence-electron chi connectivity index (χ4n) is 1.90. The van der Waals surface area contributed by atoms with E-state index in [0.717, 1.165) is 16.9 Å². The molecule has 0 spiro atoms. The molecule has 0 aliphatic rings. The van der Waals surface area contributed by atoms with Crippen LogP contribution in [0.2, 0.25) is 5.02 Å². The third-order valence-corrected chi connectivity index (χ3v) is 4.62. The molecule has 2 atom stereocenters. The standard InChI is InChI=1S/C14H21BrClN/c1-4-12(9-15)10-17(3)11(2)13-7-5-6-8-14(13)16/h5-8,11-12H,4,9-10H2,1-3H3. The number of alkyl halides is 1. The third kappa shape index (κ3) is 4.27. The van der Waals surface area contributed by atoms with Crippen LogP contribution in [0.1, 0.15) is 31.9 Å². The summed E-state index contributed by atoms with van der Waals surface area (Å²) in [5.41, 5.74) is 1.21. The summed E-state index contributed by atoms with van der Waals surface area (Å²) < 4.78 is 0. The molecule has 0 aromatic heterocycles. The fraction of sp³-hybridized carbons (Fsp3) is 0.571. The highest BCUT2D eigenvalue weighted by atomic mass is 79.9. The third-order valence-electron chi connectivity index (χ3n) is 3.36. The van der Waals surface area contributed by atoms with Crippen LogP contribution >= 0.6 is 27.5 Å². The molecule has 0 saturated carbocycles. The van der Waals surface area contributed by atoms with Crippen LogP contribution in [-0.2, 0) is 0 Å². The predicted molar refractivity (Wildman–Crippen MR) is 80.1 cm³/mol. The van der Waals surface area contributed by atoms with E-state index in [1.165, 1.54) is 12.0 Å². The van der Waals surface area contributed by atoms with Gasteiger partial charge in [-0.15, -0.1) is 0 Å². The van der Waals surface area contributed by atoms with Gasteiger partial charge in [0.25, 0.3) is 0 Å². The molecule has 1 aromatic carbocycles. The van der Waals surface area contributed by atoms with Crippen LogP contribution in [0.4, 0.5) is 0 Å². The first kappa shape index (κ1) is 15.0. The van der Waals surface area contributed by atoms with Crippen LogP contribution < -0.4 is 0 Å². The van der Waals surface area contributed by atoms with Crippen LogP contribution in [-0.4, -0.2) is 23.8 Å². The number of rotatable bonds is 6. The highest BCUT2D eigenvalue weighted by Crippen LogP contribution is 2.27. The first-order chi connectivity index (χ1) is 8.10.